The van der Waals surface area contributed by atoms with Crippen LogP contribution in [0, 0.1) is 0 Å². The van der Waals surface area contributed by atoms with Crippen LogP contribution in [-0.2, 0) is 0 Å². The van der Waals surface area contributed by atoms with E-state index in [1.807, 2.05) is 47.0 Å². The molecule has 3 aromatic rings. The van der Waals surface area contributed by atoms with Gasteiger partial charge in [-0.1, -0.05) is 12.1 Å². The molecule has 0 fully saturated rings. The van der Waals surface area contributed by atoms with E-state index in [1.165, 1.54) is 0 Å². The average Bonchev–Trinajstić information content (AvgIpc) is 2.82. The summed E-state index contributed by atoms with van der Waals surface area (Å²) in [5.41, 5.74) is 8.10. The Hall–Kier alpha value is -2.56. The first-order valence-corrected chi connectivity index (χ1v) is 5.53. The third kappa shape index (κ3) is 1.57. The second-order valence-corrected chi connectivity index (χ2v) is 3.92. The van der Waals surface area contributed by atoms with Gasteiger partial charge in [-0.2, -0.15) is 0 Å². The molecule has 0 saturated carbocycles. The topological polar surface area (TPSA) is 65.4 Å². The summed E-state index contributed by atoms with van der Waals surface area (Å²) in [7, 11) is 1.62. The summed E-state index contributed by atoms with van der Waals surface area (Å²) in [6, 6.07) is 11.3. The number of nitrogens with two attached hydrogens (primary N) is 1. The third-order valence-electron chi connectivity index (χ3n) is 2.76. The Labute approximate surface area is 104 Å². The molecule has 0 unspecified atom stereocenters. The van der Waals surface area contributed by atoms with Crippen LogP contribution in [-0.4, -0.2) is 21.7 Å². The van der Waals surface area contributed by atoms with Gasteiger partial charge in [-0.05, 0) is 24.3 Å². The smallest absolute Gasteiger partial charge is 0.203 e. The molecule has 2 heterocycles. The van der Waals surface area contributed by atoms with Crippen molar-refractivity contribution in [3.05, 3.63) is 42.6 Å². The van der Waals surface area contributed by atoms with Crippen LogP contribution in [0.15, 0.2) is 42.6 Å². The first-order valence-electron chi connectivity index (χ1n) is 5.53. The number of nitrogen functional groups attached to an aromatic ring is 1. The Morgan fingerprint density at radius 3 is 2.83 bits per heavy atom. The zero-order valence-corrected chi connectivity index (χ0v) is 9.87. The van der Waals surface area contributed by atoms with Crippen LogP contribution in [0.3, 0.4) is 0 Å². The van der Waals surface area contributed by atoms with Crippen LogP contribution < -0.4 is 10.5 Å². The fourth-order valence-electron chi connectivity index (χ4n) is 1.93. The Bertz CT molecular complexity index is 705. The summed E-state index contributed by atoms with van der Waals surface area (Å²) < 4.78 is 7.13. The standard InChI is InChI=1S/C13H12N4O/c1-18-11-6-3-7-17-12(15-16-13(11)17)9-4-2-5-10(14)8-9/h2-8H,14H2,1H3. The van der Waals surface area contributed by atoms with E-state index in [9.17, 15) is 0 Å². The highest BCUT2D eigenvalue weighted by molar-refractivity contribution is 5.66. The predicted molar refractivity (Wildman–Crippen MR) is 69.4 cm³/mol. The molecule has 90 valence electrons. The summed E-state index contributed by atoms with van der Waals surface area (Å²) >= 11 is 0. The lowest BCUT2D eigenvalue weighted by molar-refractivity contribution is 0.417. The van der Waals surface area contributed by atoms with E-state index in [0.29, 0.717) is 17.1 Å². The van der Waals surface area contributed by atoms with Crippen molar-refractivity contribution in [1.29, 1.82) is 0 Å². The summed E-state index contributed by atoms with van der Waals surface area (Å²) in [6.45, 7) is 0. The van der Waals surface area contributed by atoms with Gasteiger partial charge in [0.05, 0.1) is 7.11 Å². The first kappa shape index (κ1) is 10.6. The Morgan fingerprint density at radius 1 is 1.17 bits per heavy atom. The lowest BCUT2D eigenvalue weighted by Crippen LogP contribution is -1.92. The minimum Gasteiger partial charge on any atom is -0.493 e. The van der Waals surface area contributed by atoms with Crippen molar-refractivity contribution in [3.8, 4) is 17.1 Å². The van der Waals surface area contributed by atoms with E-state index in [4.69, 9.17) is 10.5 Å². The number of rotatable bonds is 2. The van der Waals surface area contributed by atoms with Crippen LogP contribution in [0.2, 0.25) is 0 Å². The maximum Gasteiger partial charge on any atom is 0.203 e. The van der Waals surface area contributed by atoms with Gasteiger partial charge < -0.3 is 10.5 Å². The summed E-state index contributed by atoms with van der Waals surface area (Å²) in [6.07, 6.45) is 1.90. The highest BCUT2D eigenvalue weighted by atomic mass is 16.5. The van der Waals surface area contributed by atoms with Crippen LogP contribution in [0.25, 0.3) is 17.0 Å². The van der Waals surface area contributed by atoms with Gasteiger partial charge >= 0.3 is 0 Å². The number of benzene rings is 1. The average molecular weight is 240 g/mol. The quantitative estimate of drug-likeness (QED) is 0.696. The Balaban J connectivity index is 2.25. The fraction of sp³-hybridized carbons (Fsp3) is 0.0769. The molecule has 0 saturated heterocycles. The van der Waals surface area contributed by atoms with Crippen LogP contribution in [0.5, 0.6) is 5.75 Å². The predicted octanol–water partition coefficient (Wildman–Crippen LogP) is 1.99. The van der Waals surface area contributed by atoms with Gasteiger partial charge in [-0.3, -0.25) is 4.40 Å². The van der Waals surface area contributed by atoms with E-state index in [2.05, 4.69) is 10.2 Å². The van der Waals surface area contributed by atoms with Crippen LogP contribution in [0.1, 0.15) is 0 Å². The van der Waals surface area contributed by atoms with Crippen molar-refractivity contribution in [2.45, 2.75) is 0 Å². The number of nitrogens with zero attached hydrogens (tertiary/aromatic N) is 3. The molecule has 2 aromatic heterocycles. The molecule has 0 radical (unpaired) electrons. The molecular formula is C13H12N4O. The molecule has 0 aliphatic carbocycles. The van der Waals surface area contributed by atoms with E-state index >= 15 is 0 Å². The van der Waals surface area contributed by atoms with Crippen LogP contribution in [0.4, 0.5) is 5.69 Å². The minimum atomic E-state index is 0.692. The number of fused-ring (bicyclic) bond motifs is 1. The highest BCUT2D eigenvalue weighted by Crippen LogP contribution is 2.24. The highest BCUT2D eigenvalue weighted by Gasteiger charge is 2.11. The van der Waals surface area contributed by atoms with Gasteiger partial charge in [-0.15, -0.1) is 10.2 Å². The summed E-state index contributed by atoms with van der Waals surface area (Å²) in [4.78, 5) is 0. The second-order valence-electron chi connectivity index (χ2n) is 3.92. The van der Waals surface area contributed by atoms with Gasteiger partial charge in [0.25, 0.3) is 0 Å². The number of aromatic nitrogens is 3. The van der Waals surface area contributed by atoms with Gasteiger partial charge in [0.15, 0.2) is 11.6 Å². The number of hydrogen-bond donors (Lipinski definition) is 1. The Morgan fingerprint density at radius 2 is 2.06 bits per heavy atom. The second kappa shape index (κ2) is 4.03. The zero-order chi connectivity index (χ0) is 12.5. The van der Waals surface area contributed by atoms with Crippen molar-refractivity contribution in [2.75, 3.05) is 12.8 Å². The van der Waals surface area contributed by atoms with Crippen LogP contribution >= 0.6 is 0 Å². The van der Waals surface area contributed by atoms with Crippen molar-refractivity contribution >= 4 is 11.3 Å². The molecule has 3 rings (SSSR count). The number of anilines is 1. The molecule has 2 N–H and O–H groups in total. The molecule has 0 aliphatic rings. The first-order chi connectivity index (χ1) is 8.79. The normalized spacial score (nSPS) is 10.7. The molecular weight excluding hydrogens is 228 g/mol. The lowest BCUT2D eigenvalue weighted by atomic mass is 10.2. The van der Waals surface area contributed by atoms with Gasteiger partial charge in [0.2, 0.25) is 5.65 Å². The monoisotopic (exact) mass is 240 g/mol. The molecule has 0 atom stereocenters. The van der Waals surface area contributed by atoms with E-state index in [0.717, 1.165) is 11.4 Å². The van der Waals surface area contributed by atoms with Crippen molar-refractivity contribution in [1.82, 2.24) is 14.6 Å². The van der Waals surface area contributed by atoms with Crippen molar-refractivity contribution in [3.63, 3.8) is 0 Å². The Kier molecular flexibility index (Phi) is 2.37. The van der Waals surface area contributed by atoms with Gasteiger partial charge in [0.1, 0.15) is 0 Å². The molecule has 5 heteroatoms. The van der Waals surface area contributed by atoms with Gasteiger partial charge in [0, 0.05) is 17.4 Å². The van der Waals surface area contributed by atoms with Crippen molar-refractivity contribution in [2.24, 2.45) is 0 Å². The zero-order valence-electron chi connectivity index (χ0n) is 9.87. The molecule has 5 nitrogen and oxygen atoms in total. The van der Waals surface area contributed by atoms with Gasteiger partial charge in [-0.25, -0.2) is 0 Å². The van der Waals surface area contributed by atoms with E-state index < -0.39 is 0 Å². The summed E-state index contributed by atoms with van der Waals surface area (Å²) in [5, 5.41) is 8.34. The fourth-order valence-corrected chi connectivity index (χ4v) is 1.93. The molecule has 0 spiro atoms. The minimum absolute atomic E-state index is 0.692. The molecule has 1 aromatic carbocycles. The SMILES string of the molecule is COc1cccn2c(-c3cccc(N)c3)nnc12. The molecule has 0 aliphatic heterocycles. The molecule has 0 amide bonds. The number of methoxy groups -OCH3 is 1. The lowest BCUT2D eigenvalue weighted by Gasteiger charge is -2.03. The third-order valence-corrected chi connectivity index (χ3v) is 2.76. The maximum atomic E-state index is 5.78. The molecule has 0 bridgehead atoms. The largest absolute Gasteiger partial charge is 0.493 e. The van der Waals surface area contributed by atoms with E-state index in [1.54, 1.807) is 7.11 Å². The number of ether oxygens (including phenoxy) is 1. The van der Waals surface area contributed by atoms with E-state index in [-0.39, 0.29) is 0 Å². The summed E-state index contributed by atoms with van der Waals surface area (Å²) in [5.74, 6) is 1.44. The maximum absolute atomic E-state index is 5.78. The van der Waals surface area contributed by atoms with Crippen molar-refractivity contribution < 1.29 is 4.74 Å². The number of pyridine rings is 1. The molecule has 18 heavy (non-hydrogen) atoms. The number of hydrogen-bond acceptors (Lipinski definition) is 4.